The molecule has 5 aromatic carbocycles. The largest absolute Gasteiger partial charge is 0.486 e. The normalized spacial score (nSPS) is 13.4. The first-order valence-electron chi connectivity index (χ1n) is 24.7. The molecule has 1 fully saturated rings. The van der Waals surface area contributed by atoms with Gasteiger partial charge in [0.25, 0.3) is 0 Å². The van der Waals surface area contributed by atoms with Crippen LogP contribution >= 0.6 is 0 Å². The molecule has 4 heterocycles. The maximum atomic E-state index is 6.44. The van der Waals surface area contributed by atoms with Crippen LogP contribution in [0.2, 0.25) is 17.3 Å². The van der Waals surface area contributed by atoms with Crippen LogP contribution in [-0.4, -0.2) is 32.8 Å². The van der Waals surface area contributed by atoms with Gasteiger partial charge < -0.3 is 8.98 Å². The fourth-order valence-corrected chi connectivity index (χ4v) is 13.5. The Bertz CT molecular complexity index is 3140. The van der Waals surface area contributed by atoms with Crippen molar-refractivity contribution in [1.29, 1.82) is 0 Å². The summed E-state index contributed by atoms with van der Waals surface area (Å²) < 4.78 is 10.3. The van der Waals surface area contributed by atoms with Gasteiger partial charge in [-0.25, -0.2) is 4.98 Å². The number of benzene rings is 5. The molecule has 68 heavy (non-hydrogen) atoms. The molecule has 1 saturated carbocycles. The van der Waals surface area contributed by atoms with Gasteiger partial charge in [-0.15, -0.1) is 18.2 Å². The van der Waals surface area contributed by atoms with E-state index in [2.05, 4.69) is 184 Å². The number of imidazole rings is 1. The van der Waals surface area contributed by atoms with Crippen LogP contribution in [-0.2, 0) is 26.5 Å². The zero-order valence-corrected chi connectivity index (χ0v) is 46.1. The smallest absolute Gasteiger partial charge is 0.216 e. The van der Waals surface area contributed by atoms with Gasteiger partial charge in [0.2, 0.25) is 5.71 Å². The average Bonchev–Trinajstić information content (AvgIpc) is 3.89. The number of hydrogen-bond acceptors (Lipinski definition) is 4. The number of furan rings is 1. The predicted molar refractivity (Wildman–Crippen MR) is 285 cm³/mol. The Balaban J connectivity index is 0.000000201. The molecule has 0 saturated heterocycles. The Kier molecular flexibility index (Phi) is 15.1. The van der Waals surface area contributed by atoms with Crippen LogP contribution in [0.3, 0.4) is 0 Å². The molecule has 1 aliphatic carbocycles. The molecular weight excluding hydrogens is 1070 g/mol. The quantitative estimate of drug-likeness (QED) is 0.101. The van der Waals surface area contributed by atoms with Crippen molar-refractivity contribution in [2.45, 2.75) is 122 Å². The number of aryl methyl sites for hydroxylation is 1. The van der Waals surface area contributed by atoms with Crippen molar-refractivity contribution in [1.82, 2.24) is 19.5 Å². The van der Waals surface area contributed by atoms with E-state index >= 15 is 0 Å². The molecule has 5 nitrogen and oxygen atoms in total. The molecule has 351 valence electrons. The van der Waals surface area contributed by atoms with Crippen molar-refractivity contribution < 1.29 is 24.5 Å². The van der Waals surface area contributed by atoms with Crippen molar-refractivity contribution in [3.8, 4) is 39.5 Å². The van der Waals surface area contributed by atoms with E-state index in [0.717, 1.165) is 68.1 Å². The number of pyridine rings is 2. The molecule has 4 aromatic heterocycles. The minimum absolute atomic E-state index is 0. The first-order valence-corrected chi connectivity index (χ1v) is 32.0. The van der Waals surface area contributed by atoms with E-state index < -0.39 is 13.3 Å². The fraction of sp³-hybridized carbons (Fsp3) is 0.328. The average molecular weight is 1140 g/mol. The van der Waals surface area contributed by atoms with E-state index in [4.69, 9.17) is 14.4 Å². The summed E-state index contributed by atoms with van der Waals surface area (Å²) in [5.74, 6) is 10.2. The molecule has 10 rings (SSSR count). The van der Waals surface area contributed by atoms with Crippen molar-refractivity contribution in [3.63, 3.8) is 0 Å². The van der Waals surface area contributed by atoms with Crippen molar-refractivity contribution >= 4 is 50.8 Å². The Morgan fingerprint density at radius 3 is 2.10 bits per heavy atom. The summed E-state index contributed by atoms with van der Waals surface area (Å²) in [7, 11) is 0. The van der Waals surface area contributed by atoms with E-state index in [1.54, 1.807) is 4.40 Å². The van der Waals surface area contributed by atoms with Crippen LogP contribution in [0.5, 0.6) is 0 Å². The van der Waals surface area contributed by atoms with Gasteiger partial charge in [0, 0.05) is 36.9 Å². The second kappa shape index (κ2) is 20.8. The second-order valence-corrected chi connectivity index (χ2v) is 31.5. The third-order valence-corrected chi connectivity index (χ3v) is 17.9. The summed E-state index contributed by atoms with van der Waals surface area (Å²) in [6, 6.07) is 48.1. The SMILES string of the molecule is CC(C)Cc1cc(-c2[c-]cc(C3CCCCC3)cc2)nc[c]1[Ge]([CH3])([CH3])[CH3].Cc1ccc2c(n1)oc1c(-c3nc4ccccc4n3-c3c(C(C)C)cc(-c4ccccc4)cc3C(C)C)[c-]ccc12.[Ir]. The Hall–Kier alpha value is -5.14. The summed E-state index contributed by atoms with van der Waals surface area (Å²) in [5.41, 5.74) is 16.6. The molecule has 0 atom stereocenters. The molecule has 9 aromatic rings. The van der Waals surface area contributed by atoms with Crippen LogP contribution in [0.25, 0.3) is 72.6 Å². The molecular formula is C61H66GeIrN4O-2. The van der Waals surface area contributed by atoms with Crippen LogP contribution in [0, 0.1) is 25.0 Å². The number of nitrogens with zero attached hydrogens (tertiary/aromatic N) is 4. The van der Waals surface area contributed by atoms with Crippen molar-refractivity contribution in [2.75, 3.05) is 0 Å². The maximum absolute atomic E-state index is 6.44. The van der Waals surface area contributed by atoms with Gasteiger partial charge in [-0.05, 0) is 77.4 Å². The third-order valence-electron chi connectivity index (χ3n) is 13.6. The van der Waals surface area contributed by atoms with Crippen molar-refractivity contribution in [2.24, 2.45) is 5.92 Å². The van der Waals surface area contributed by atoms with E-state index in [1.807, 2.05) is 25.1 Å². The van der Waals surface area contributed by atoms with E-state index in [9.17, 15) is 0 Å². The second-order valence-electron chi connectivity index (χ2n) is 20.9. The minimum atomic E-state index is -1.90. The van der Waals surface area contributed by atoms with Gasteiger partial charge >= 0.3 is 163 Å². The van der Waals surface area contributed by atoms with Gasteiger partial charge in [0.05, 0.1) is 22.4 Å². The molecule has 0 aliphatic heterocycles. The molecule has 7 heteroatoms. The number of rotatable bonds is 10. The van der Waals surface area contributed by atoms with Gasteiger partial charge in [-0.3, -0.25) is 4.98 Å². The number of hydrogen-bond donors (Lipinski definition) is 0. The van der Waals surface area contributed by atoms with Crippen LogP contribution in [0.1, 0.15) is 119 Å². The Labute approximate surface area is 421 Å². The monoisotopic (exact) mass is 1140 g/mol. The summed E-state index contributed by atoms with van der Waals surface area (Å²) in [5, 5.41) is 2.02. The minimum Gasteiger partial charge on any atom is -0.486 e. The van der Waals surface area contributed by atoms with E-state index in [0.29, 0.717) is 23.5 Å². The van der Waals surface area contributed by atoms with Crippen LogP contribution in [0.4, 0.5) is 0 Å². The Morgan fingerprint density at radius 1 is 0.735 bits per heavy atom. The summed E-state index contributed by atoms with van der Waals surface area (Å²) >= 11 is -1.90. The van der Waals surface area contributed by atoms with Crippen LogP contribution < -0.4 is 4.40 Å². The molecule has 1 aliphatic rings. The van der Waals surface area contributed by atoms with E-state index in [-0.39, 0.29) is 20.1 Å². The Morgan fingerprint density at radius 2 is 1.44 bits per heavy atom. The molecule has 0 amide bonds. The fourth-order valence-electron chi connectivity index (χ4n) is 10.1. The van der Waals surface area contributed by atoms with Crippen molar-refractivity contribution in [3.05, 3.63) is 162 Å². The molecule has 0 N–H and O–H groups in total. The maximum Gasteiger partial charge on any atom is 0.216 e. The van der Waals surface area contributed by atoms with Crippen LogP contribution in [0.15, 0.2) is 126 Å². The van der Waals surface area contributed by atoms with Gasteiger partial charge in [0.15, 0.2) is 0 Å². The van der Waals surface area contributed by atoms with Gasteiger partial charge in [0.1, 0.15) is 0 Å². The number of para-hydroxylation sites is 2. The first-order chi connectivity index (χ1) is 32.2. The predicted octanol–water partition coefficient (Wildman–Crippen LogP) is 16.3. The van der Waals surface area contributed by atoms with Gasteiger partial charge in [-0.2, -0.15) is 0 Å². The van der Waals surface area contributed by atoms with E-state index in [1.165, 1.54) is 71.2 Å². The summed E-state index contributed by atoms with van der Waals surface area (Å²) in [4.78, 5) is 14.7. The molecule has 1 radical (unpaired) electrons. The standard InChI is InChI=1S/C37H32N3O.C24H34GeN.Ir/c1-22(2)30-20-26(25-12-7-6-8-13-25)21-31(23(3)4)34(30)40-33-17-10-9-16-32(33)39-36(40)29-15-11-14-27-28-19-18-24(5)38-37(28)41-35(27)29;1-18(2)15-22-16-24(26-17-23(22)25(3,4)5)21-13-11-20(12-14-21)19-9-7-6-8-10-19;/h6-14,16-23H,1-5H3;11-13,16-19H,6-10,15H2,1-5H3;/q2*-1;. The molecule has 0 bridgehead atoms. The summed E-state index contributed by atoms with van der Waals surface area (Å²) in [6.45, 7) is 15.7. The topological polar surface area (TPSA) is 56.7 Å². The molecule has 0 spiro atoms. The molecule has 0 unspecified atom stereocenters. The zero-order chi connectivity index (χ0) is 47.0. The third kappa shape index (κ3) is 10.3. The number of aromatic nitrogens is 4. The zero-order valence-electron chi connectivity index (χ0n) is 41.6. The summed E-state index contributed by atoms with van der Waals surface area (Å²) in [6.07, 6.45) is 10.2. The van der Waals surface area contributed by atoms with Gasteiger partial charge in [-0.1, -0.05) is 81.1 Å². The number of fused-ring (bicyclic) bond motifs is 4. The first kappa shape index (κ1) is 49.3.